The van der Waals surface area contributed by atoms with Gasteiger partial charge in [0.2, 0.25) is 5.91 Å². The number of nitrogens with one attached hydrogen (secondary N) is 1. The first-order valence-corrected chi connectivity index (χ1v) is 10.5. The Hall–Kier alpha value is -3.39. The highest BCUT2D eigenvalue weighted by Gasteiger charge is 2.19. The predicted octanol–water partition coefficient (Wildman–Crippen LogP) is 3.92. The van der Waals surface area contributed by atoms with E-state index in [9.17, 15) is 4.79 Å². The van der Waals surface area contributed by atoms with Gasteiger partial charge in [-0.25, -0.2) is 0 Å². The molecule has 4 aromatic rings. The second kappa shape index (κ2) is 8.54. The first-order valence-electron chi connectivity index (χ1n) is 9.50. The molecular formula is C22H22N6OS. The van der Waals surface area contributed by atoms with Crippen molar-refractivity contribution in [2.24, 2.45) is 14.1 Å². The molecule has 0 aliphatic carbocycles. The molecule has 0 bridgehead atoms. The first-order chi connectivity index (χ1) is 14.5. The van der Waals surface area contributed by atoms with E-state index < -0.39 is 0 Å². The summed E-state index contributed by atoms with van der Waals surface area (Å²) in [5.41, 5.74) is 4.62. The van der Waals surface area contributed by atoms with Gasteiger partial charge in [0.15, 0.2) is 11.0 Å². The fraction of sp³-hybridized carbons (Fsp3) is 0.182. The lowest BCUT2D eigenvalue weighted by Crippen LogP contribution is -2.15. The molecule has 0 spiro atoms. The number of aryl methyl sites for hydroxylation is 2. The maximum Gasteiger partial charge on any atom is 0.234 e. The number of rotatable bonds is 6. The van der Waals surface area contributed by atoms with E-state index in [0.29, 0.717) is 11.0 Å². The summed E-state index contributed by atoms with van der Waals surface area (Å²) in [6.07, 6.45) is 1.94. The number of anilines is 1. The van der Waals surface area contributed by atoms with E-state index in [-0.39, 0.29) is 11.7 Å². The molecule has 0 radical (unpaired) electrons. The minimum atomic E-state index is -0.0785. The topological polar surface area (TPSA) is 77.6 Å². The quantitative estimate of drug-likeness (QED) is 0.480. The lowest BCUT2D eigenvalue weighted by Gasteiger charge is -2.08. The Morgan fingerprint density at radius 1 is 1.03 bits per heavy atom. The summed E-state index contributed by atoms with van der Waals surface area (Å²) in [5.74, 6) is 0.882. The third kappa shape index (κ3) is 4.13. The standard InChI is InChI=1S/C22H22N6OS/c1-15-9-7-8-12-18(15)23-19(29)14-30-22-25-24-21(28(22)3)17-13-27(2)26-20(17)16-10-5-4-6-11-16/h4-13H,14H2,1-3H3,(H,23,29). The van der Waals surface area contributed by atoms with Gasteiger partial charge in [0.25, 0.3) is 0 Å². The highest BCUT2D eigenvalue weighted by Crippen LogP contribution is 2.31. The Kier molecular flexibility index (Phi) is 5.67. The number of para-hydroxylation sites is 1. The van der Waals surface area contributed by atoms with E-state index in [1.807, 2.05) is 86.4 Å². The van der Waals surface area contributed by atoms with Crippen molar-refractivity contribution in [3.05, 3.63) is 66.4 Å². The minimum absolute atomic E-state index is 0.0785. The van der Waals surface area contributed by atoms with Crippen LogP contribution in [0, 0.1) is 6.92 Å². The van der Waals surface area contributed by atoms with Crippen LogP contribution in [0.2, 0.25) is 0 Å². The molecule has 0 fully saturated rings. The molecular weight excluding hydrogens is 396 g/mol. The van der Waals surface area contributed by atoms with Gasteiger partial charge in [0.05, 0.1) is 11.3 Å². The number of carbonyl (C=O) groups excluding carboxylic acids is 1. The van der Waals surface area contributed by atoms with Crippen molar-refractivity contribution in [3.63, 3.8) is 0 Å². The zero-order chi connectivity index (χ0) is 21.1. The van der Waals surface area contributed by atoms with Gasteiger partial charge >= 0.3 is 0 Å². The summed E-state index contributed by atoms with van der Waals surface area (Å²) in [6, 6.07) is 17.7. The van der Waals surface area contributed by atoms with E-state index in [4.69, 9.17) is 0 Å². The van der Waals surface area contributed by atoms with Crippen molar-refractivity contribution in [2.75, 3.05) is 11.1 Å². The molecule has 0 saturated carbocycles. The van der Waals surface area contributed by atoms with Crippen LogP contribution in [0.5, 0.6) is 0 Å². The third-order valence-corrected chi connectivity index (χ3v) is 5.72. The number of carbonyl (C=O) groups is 1. The van der Waals surface area contributed by atoms with Crippen molar-refractivity contribution in [1.82, 2.24) is 24.5 Å². The monoisotopic (exact) mass is 418 g/mol. The summed E-state index contributed by atoms with van der Waals surface area (Å²) in [6.45, 7) is 1.97. The van der Waals surface area contributed by atoms with Crippen LogP contribution in [0.1, 0.15) is 5.56 Å². The molecule has 2 heterocycles. The number of hydrogen-bond donors (Lipinski definition) is 1. The molecule has 0 atom stereocenters. The average molecular weight is 419 g/mol. The fourth-order valence-corrected chi connectivity index (χ4v) is 3.88. The molecule has 1 N–H and O–H groups in total. The van der Waals surface area contributed by atoms with Crippen molar-refractivity contribution in [1.29, 1.82) is 0 Å². The van der Waals surface area contributed by atoms with Crippen LogP contribution in [-0.4, -0.2) is 36.2 Å². The molecule has 0 aliphatic heterocycles. The summed E-state index contributed by atoms with van der Waals surface area (Å²) in [7, 11) is 3.79. The van der Waals surface area contributed by atoms with E-state index in [1.165, 1.54) is 11.8 Å². The van der Waals surface area contributed by atoms with Crippen LogP contribution in [0.15, 0.2) is 66.0 Å². The van der Waals surface area contributed by atoms with Gasteiger partial charge in [-0.05, 0) is 18.6 Å². The number of amides is 1. The molecule has 152 valence electrons. The summed E-state index contributed by atoms with van der Waals surface area (Å²) in [5, 5.41) is 16.9. The van der Waals surface area contributed by atoms with E-state index in [1.54, 1.807) is 4.68 Å². The Balaban J connectivity index is 1.51. The second-order valence-electron chi connectivity index (χ2n) is 6.95. The lowest BCUT2D eigenvalue weighted by atomic mass is 10.1. The van der Waals surface area contributed by atoms with Gasteiger partial charge in [-0.2, -0.15) is 5.10 Å². The highest BCUT2D eigenvalue weighted by molar-refractivity contribution is 7.99. The molecule has 0 saturated heterocycles. The van der Waals surface area contributed by atoms with E-state index in [0.717, 1.165) is 28.1 Å². The molecule has 0 unspecified atom stereocenters. The van der Waals surface area contributed by atoms with E-state index >= 15 is 0 Å². The van der Waals surface area contributed by atoms with Gasteiger partial charge in [0.1, 0.15) is 5.69 Å². The molecule has 0 aliphatic rings. The van der Waals surface area contributed by atoms with Crippen molar-refractivity contribution in [3.8, 4) is 22.6 Å². The van der Waals surface area contributed by atoms with Crippen LogP contribution >= 0.6 is 11.8 Å². The first kappa shape index (κ1) is 19.9. The summed E-state index contributed by atoms with van der Waals surface area (Å²) < 4.78 is 3.67. The molecule has 30 heavy (non-hydrogen) atoms. The van der Waals surface area contributed by atoms with Gasteiger partial charge in [-0.3, -0.25) is 9.48 Å². The molecule has 8 heteroatoms. The molecule has 2 aromatic heterocycles. The van der Waals surface area contributed by atoms with Crippen molar-refractivity contribution in [2.45, 2.75) is 12.1 Å². The van der Waals surface area contributed by atoms with E-state index in [2.05, 4.69) is 20.6 Å². The zero-order valence-corrected chi connectivity index (χ0v) is 17.8. The van der Waals surface area contributed by atoms with Crippen LogP contribution in [-0.2, 0) is 18.9 Å². The number of nitrogens with zero attached hydrogens (tertiary/aromatic N) is 5. The Labute approximate surface area is 179 Å². The number of aromatic nitrogens is 5. The average Bonchev–Trinajstić information content (AvgIpc) is 3.31. The van der Waals surface area contributed by atoms with Crippen LogP contribution in [0.25, 0.3) is 22.6 Å². The Morgan fingerprint density at radius 3 is 2.53 bits per heavy atom. The number of benzene rings is 2. The Morgan fingerprint density at radius 2 is 1.77 bits per heavy atom. The molecule has 2 aromatic carbocycles. The van der Waals surface area contributed by atoms with Crippen LogP contribution < -0.4 is 5.32 Å². The minimum Gasteiger partial charge on any atom is -0.325 e. The SMILES string of the molecule is Cc1ccccc1NC(=O)CSc1nnc(-c2cn(C)nc2-c2ccccc2)n1C. The van der Waals surface area contributed by atoms with Gasteiger partial charge < -0.3 is 9.88 Å². The molecule has 7 nitrogen and oxygen atoms in total. The van der Waals surface area contributed by atoms with Crippen molar-refractivity contribution >= 4 is 23.4 Å². The highest BCUT2D eigenvalue weighted by atomic mass is 32.2. The van der Waals surface area contributed by atoms with Crippen LogP contribution in [0.4, 0.5) is 5.69 Å². The predicted molar refractivity (Wildman–Crippen MR) is 119 cm³/mol. The number of thioether (sulfide) groups is 1. The Bertz CT molecular complexity index is 1180. The maximum absolute atomic E-state index is 12.4. The lowest BCUT2D eigenvalue weighted by molar-refractivity contribution is -0.113. The van der Waals surface area contributed by atoms with Gasteiger partial charge in [0, 0.05) is 31.5 Å². The van der Waals surface area contributed by atoms with Gasteiger partial charge in [-0.15, -0.1) is 10.2 Å². The van der Waals surface area contributed by atoms with Gasteiger partial charge in [-0.1, -0.05) is 60.3 Å². The normalized spacial score (nSPS) is 10.9. The fourth-order valence-electron chi connectivity index (χ4n) is 3.17. The molecule has 4 rings (SSSR count). The van der Waals surface area contributed by atoms with Crippen molar-refractivity contribution < 1.29 is 4.79 Å². The summed E-state index contributed by atoms with van der Waals surface area (Å²) in [4.78, 5) is 12.4. The summed E-state index contributed by atoms with van der Waals surface area (Å²) >= 11 is 1.35. The molecule has 1 amide bonds. The smallest absolute Gasteiger partial charge is 0.234 e. The maximum atomic E-state index is 12.4. The second-order valence-corrected chi connectivity index (χ2v) is 7.89. The largest absolute Gasteiger partial charge is 0.325 e. The number of hydrogen-bond acceptors (Lipinski definition) is 5. The third-order valence-electron chi connectivity index (χ3n) is 4.70. The van der Waals surface area contributed by atoms with Crippen LogP contribution in [0.3, 0.4) is 0 Å². The zero-order valence-electron chi connectivity index (χ0n) is 17.0.